The standard InChI is InChI=1S/C85H114N8O12Si/c1-17-57(7)72-81(101)93(16)70(54-60-46-48-64(49-47-60)105-83(10,11)12)79(99)90-73(58(8)18-2)82(102)104-59(9)74(91-77(97)68(86-75(95)56(5)6)50-51-71(94)92-85(61-35-24-19-25-36-61,62-37-26-20-27-38-62)63-39-28-21-29-40-63)80(100)88-69(53-55(3)4)78(98)87-67(76(96)89-72)45-34-52-103-106(84(13,14)15,65-41-30-22-31-42-65)66-43-32-23-33-44-66/h19-33,35-44,46-49,55-59,67-70,72-74H,17-18,34,45,50-54H2,1-16H3,(H,86,95)(H,87,98)(H,88,100)(H,89,96)(H,90,99)(H,91,97)(H,92,94)/t57-,58-,59+,67-,68?,69-,70-,72-,73-,74-/m0/s1. The molecule has 1 aliphatic heterocycles. The number of ether oxygens (including phenoxy) is 2. The van der Waals surface area contributed by atoms with Gasteiger partial charge in [0.05, 0.1) is 0 Å². The van der Waals surface area contributed by atoms with Gasteiger partial charge in [-0.25, -0.2) is 4.79 Å². The van der Waals surface area contributed by atoms with Gasteiger partial charge in [0.1, 0.15) is 65.3 Å². The van der Waals surface area contributed by atoms with E-state index in [-0.39, 0.29) is 51.0 Å². The van der Waals surface area contributed by atoms with Crippen molar-refractivity contribution in [3.05, 3.63) is 198 Å². The van der Waals surface area contributed by atoms with E-state index >= 15 is 33.6 Å². The van der Waals surface area contributed by atoms with E-state index < -0.39 is 144 Å². The Morgan fingerprint density at radius 3 is 1.53 bits per heavy atom. The van der Waals surface area contributed by atoms with Gasteiger partial charge in [-0.1, -0.05) is 253 Å². The quantitative estimate of drug-likeness (QED) is 0.0110. The number of amides is 8. The number of carbonyl (C=O) groups is 9. The van der Waals surface area contributed by atoms with Gasteiger partial charge in [-0.3, -0.25) is 38.4 Å². The Kier molecular flexibility index (Phi) is 30.2. The number of rotatable bonds is 27. The van der Waals surface area contributed by atoms with Crippen LogP contribution < -0.4 is 52.3 Å². The molecule has 570 valence electrons. The molecular formula is C85H114N8O12Si. The van der Waals surface area contributed by atoms with Crippen LogP contribution in [0.5, 0.6) is 5.75 Å². The zero-order valence-electron chi connectivity index (χ0n) is 64.9. The lowest BCUT2D eigenvalue weighted by Gasteiger charge is -2.43. The highest BCUT2D eigenvalue weighted by molar-refractivity contribution is 6.99. The number of cyclic esters (lactones) is 1. The minimum absolute atomic E-state index is 0.00491. The molecular weight excluding hydrogens is 1350 g/mol. The summed E-state index contributed by atoms with van der Waals surface area (Å²) in [5, 5.41) is 22.4. The van der Waals surface area contributed by atoms with Crippen molar-refractivity contribution in [1.29, 1.82) is 0 Å². The van der Waals surface area contributed by atoms with Gasteiger partial charge in [-0.2, -0.15) is 0 Å². The minimum atomic E-state index is -3.12. The van der Waals surface area contributed by atoms with Gasteiger partial charge in [-0.15, -0.1) is 0 Å². The second kappa shape index (κ2) is 38.2. The van der Waals surface area contributed by atoms with E-state index in [9.17, 15) is 9.59 Å². The summed E-state index contributed by atoms with van der Waals surface area (Å²) in [6.07, 6.45) is -1.29. The second-order valence-corrected chi connectivity index (χ2v) is 35.3. The van der Waals surface area contributed by atoms with Crippen molar-refractivity contribution in [3.8, 4) is 5.75 Å². The van der Waals surface area contributed by atoms with Crippen LogP contribution in [0.25, 0.3) is 0 Å². The SMILES string of the molecule is CC[C@H](C)[C@@H]1NC(=O)[C@H](Cc2ccc(OC(C)(C)C)cc2)N(C)C(=O)[C@H]([C@@H](C)CC)NC(=O)[C@H](CCCO[Si](c2ccccc2)(c2ccccc2)C(C)(C)C)NC(=O)[C@H](CC(C)C)NC(=O)[C@@H](NC(=O)C(CCC(=O)NC(c2ccccc2)(c2ccccc2)c2ccccc2)NC(=O)C(C)C)[C@@H](C)OC1=O. The van der Waals surface area contributed by atoms with Crippen LogP contribution in [0.1, 0.15) is 171 Å². The summed E-state index contributed by atoms with van der Waals surface area (Å²) in [5.41, 5.74) is 1.13. The third-order valence-electron chi connectivity index (χ3n) is 19.9. The maximum absolute atomic E-state index is 15.6. The molecule has 7 rings (SSSR count). The lowest BCUT2D eigenvalue weighted by molar-refractivity contribution is -0.158. The van der Waals surface area contributed by atoms with Crippen molar-refractivity contribution in [3.63, 3.8) is 0 Å². The van der Waals surface area contributed by atoms with Crippen LogP contribution in [0.2, 0.25) is 5.04 Å². The molecule has 1 fully saturated rings. The number of esters is 1. The first-order valence-electron chi connectivity index (χ1n) is 37.5. The van der Waals surface area contributed by atoms with Gasteiger partial charge in [-0.05, 0) is 121 Å². The fourth-order valence-corrected chi connectivity index (χ4v) is 18.2. The molecule has 0 bridgehead atoms. The van der Waals surface area contributed by atoms with Crippen molar-refractivity contribution in [2.75, 3.05) is 13.7 Å². The molecule has 21 heteroatoms. The largest absolute Gasteiger partial charge is 0.488 e. The molecule has 1 aliphatic rings. The van der Waals surface area contributed by atoms with Gasteiger partial charge >= 0.3 is 5.97 Å². The first-order chi connectivity index (χ1) is 50.2. The molecule has 1 unspecified atom stereocenters. The molecule has 10 atom stereocenters. The lowest BCUT2D eigenvalue weighted by Crippen LogP contribution is -2.66. The zero-order chi connectivity index (χ0) is 77.7. The van der Waals surface area contributed by atoms with Crippen LogP contribution >= 0.6 is 0 Å². The summed E-state index contributed by atoms with van der Waals surface area (Å²) >= 11 is 0. The number of nitrogens with zero attached hydrogens (tertiary/aromatic N) is 1. The van der Waals surface area contributed by atoms with Gasteiger partial charge in [0.25, 0.3) is 8.32 Å². The second-order valence-electron chi connectivity index (χ2n) is 31.0. The molecule has 8 amide bonds. The smallest absolute Gasteiger partial charge is 0.329 e. The average Bonchev–Trinajstić information content (AvgIpc) is 0.751. The monoisotopic (exact) mass is 1470 g/mol. The Balaban J connectivity index is 1.31. The van der Waals surface area contributed by atoms with Crippen LogP contribution in [-0.2, 0) is 64.3 Å². The van der Waals surface area contributed by atoms with E-state index in [2.05, 4.69) is 82.3 Å². The molecule has 0 radical (unpaired) electrons. The van der Waals surface area contributed by atoms with Gasteiger partial charge in [0.15, 0.2) is 0 Å². The lowest BCUT2D eigenvalue weighted by atomic mass is 9.77. The van der Waals surface area contributed by atoms with Crippen molar-refractivity contribution < 1.29 is 57.1 Å². The van der Waals surface area contributed by atoms with E-state index in [1.807, 2.05) is 183 Å². The Labute approximate surface area is 629 Å². The minimum Gasteiger partial charge on any atom is -0.488 e. The van der Waals surface area contributed by atoms with E-state index in [1.165, 1.54) is 18.9 Å². The van der Waals surface area contributed by atoms with Crippen LogP contribution in [0, 0.1) is 23.7 Å². The van der Waals surface area contributed by atoms with Gasteiger partial charge < -0.3 is 56.0 Å². The van der Waals surface area contributed by atoms with Crippen molar-refractivity contribution in [1.82, 2.24) is 42.1 Å². The third kappa shape index (κ3) is 21.9. The van der Waals surface area contributed by atoms with Gasteiger partial charge in [0, 0.05) is 32.4 Å². The predicted octanol–water partition coefficient (Wildman–Crippen LogP) is 10.1. The fraction of sp³-hybridized carbons (Fsp3) is 0.471. The Morgan fingerprint density at radius 1 is 0.585 bits per heavy atom. The van der Waals surface area contributed by atoms with Crippen LogP contribution in [0.15, 0.2) is 176 Å². The normalized spacial score (nSPS) is 20.1. The van der Waals surface area contributed by atoms with E-state index in [1.54, 1.807) is 45.0 Å². The highest BCUT2D eigenvalue weighted by atomic mass is 28.4. The predicted molar refractivity (Wildman–Crippen MR) is 417 cm³/mol. The van der Waals surface area contributed by atoms with Crippen LogP contribution in [0.4, 0.5) is 0 Å². The third-order valence-corrected chi connectivity index (χ3v) is 24.9. The number of benzene rings is 6. The van der Waals surface area contributed by atoms with Crippen molar-refractivity contribution in [2.45, 2.75) is 220 Å². The van der Waals surface area contributed by atoms with E-state index in [4.69, 9.17) is 13.9 Å². The summed E-state index contributed by atoms with van der Waals surface area (Å²) < 4.78 is 19.7. The first kappa shape index (κ1) is 83.8. The molecule has 0 spiro atoms. The molecule has 1 heterocycles. The van der Waals surface area contributed by atoms with Gasteiger partial charge in [0.2, 0.25) is 47.3 Å². The Morgan fingerprint density at radius 2 is 1.06 bits per heavy atom. The summed E-state index contributed by atoms with van der Waals surface area (Å²) in [6.45, 7) is 28.0. The van der Waals surface area contributed by atoms with Crippen molar-refractivity contribution >= 4 is 71.9 Å². The molecule has 6 aromatic rings. The van der Waals surface area contributed by atoms with Crippen LogP contribution in [0.3, 0.4) is 0 Å². The zero-order valence-corrected chi connectivity index (χ0v) is 65.9. The van der Waals surface area contributed by atoms with Crippen LogP contribution in [-0.4, -0.2) is 134 Å². The van der Waals surface area contributed by atoms with E-state index in [0.29, 0.717) is 24.2 Å². The molecule has 1 saturated heterocycles. The molecule has 20 nitrogen and oxygen atoms in total. The van der Waals surface area contributed by atoms with Crippen molar-refractivity contribution in [2.24, 2.45) is 23.7 Å². The summed E-state index contributed by atoms with van der Waals surface area (Å²) in [5.74, 6) is -8.27. The highest BCUT2D eigenvalue weighted by Crippen LogP contribution is 2.39. The average molecular weight is 1470 g/mol. The van der Waals surface area contributed by atoms with E-state index in [0.717, 1.165) is 27.1 Å². The highest BCUT2D eigenvalue weighted by Gasteiger charge is 2.51. The first-order valence-corrected chi connectivity index (χ1v) is 39.5. The maximum Gasteiger partial charge on any atom is 0.329 e. The number of hydrogen-bond donors (Lipinski definition) is 7. The number of carbonyl (C=O) groups excluding carboxylic acids is 9. The summed E-state index contributed by atoms with van der Waals surface area (Å²) in [7, 11) is -1.64. The molecule has 106 heavy (non-hydrogen) atoms. The molecule has 0 saturated carbocycles. The fourth-order valence-electron chi connectivity index (χ4n) is 13.6. The number of nitrogens with one attached hydrogen (secondary N) is 7. The summed E-state index contributed by atoms with van der Waals surface area (Å²) in [4.78, 5) is 138. The molecule has 0 aliphatic carbocycles. The number of hydrogen-bond acceptors (Lipinski definition) is 12. The topological polar surface area (TPSA) is 269 Å². The molecule has 6 aromatic carbocycles. The Hall–Kier alpha value is -9.47. The summed E-state index contributed by atoms with van der Waals surface area (Å²) in [6, 6.07) is 45.7. The maximum atomic E-state index is 15.6. The molecule has 7 N–H and O–H groups in total. The number of likely N-dealkylation sites (N-methyl/N-ethyl adjacent to an activating group) is 1. The Bertz CT molecular complexity index is 3740. The molecule has 0 aromatic heterocycles.